The highest BCUT2D eigenvalue weighted by atomic mass is 16.6. The summed E-state index contributed by atoms with van der Waals surface area (Å²) in [4.78, 5) is 16.2. The molecule has 0 bridgehead atoms. The van der Waals surface area contributed by atoms with Crippen LogP contribution in [0.5, 0.6) is 0 Å². The third-order valence-corrected chi connectivity index (χ3v) is 7.69. The van der Waals surface area contributed by atoms with Gasteiger partial charge in [0.2, 0.25) is 0 Å². The van der Waals surface area contributed by atoms with Gasteiger partial charge in [0.25, 0.3) is 0 Å². The summed E-state index contributed by atoms with van der Waals surface area (Å²) < 4.78 is 19.9. The number of hydrogen-bond acceptors (Lipinski definition) is 6. The minimum Gasteiger partial charge on any atom is -0.444 e. The van der Waals surface area contributed by atoms with E-state index in [9.17, 15) is 4.79 Å². The van der Waals surface area contributed by atoms with Crippen LogP contribution in [-0.4, -0.2) is 77.3 Å². The Bertz CT molecular complexity index is 973. The van der Waals surface area contributed by atoms with E-state index in [4.69, 9.17) is 19.3 Å². The predicted octanol–water partition coefficient (Wildman–Crippen LogP) is 5.63. The number of allylic oxidation sites excluding steroid dienone is 1. The third kappa shape index (κ3) is 7.36. The number of carbonyl (C=O) groups excluding carboxylic acids is 1. The van der Waals surface area contributed by atoms with Crippen molar-refractivity contribution in [2.45, 2.75) is 104 Å². The molecule has 2 atom stereocenters. The molecule has 8 nitrogen and oxygen atoms in total. The summed E-state index contributed by atoms with van der Waals surface area (Å²) >= 11 is 0. The zero-order valence-corrected chi connectivity index (χ0v) is 24.1. The highest BCUT2D eigenvalue weighted by Crippen LogP contribution is 2.47. The van der Waals surface area contributed by atoms with Crippen LogP contribution >= 0.6 is 0 Å². The summed E-state index contributed by atoms with van der Waals surface area (Å²) in [6.07, 6.45) is 11.8. The fourth-order valence-corrected chi connectivity index (χ4v) is 5.72. The number of amides is 1. The monoisotopic (exact) mass is 516 g/mol. The first kappa shape index (κ1) is 28.1. The molecule has 208 valence electrons. The number of nitrogens with zero attached hydrogens (tertiary/aromatic N) is 4. The van der Waals surface area contributed by atoms with Crippen molar-refractivity contribution in [1.29, 1.82) is 0 Å². The average Bonchev–Trinajstić information content (AvgIpc) is 3.38. The Balaban J connectivity index is 1.45. The minimum absolute atomic E-state index is 0.00131. The molecule has 3 heterocycles. The molecule has 0 unspecified atom stereocenters. The zero-order chi connectivity index (χ0) is 26.8. The normalized spacial score (nSPS) is 25.9. The molecule has 0 aromatic carbocycles. The highest BCUT2D eigenvalue weighted by molar-refractivity contribution is 5.68. The van der Waals surface area contributed by atoms with Crippen LogP contribution in [0.15, 0.2) is 12.3 Å². The van der Waals surface area contributed by atoms with E-state index in [0.29, 0.717) is 13.1 Å². The van der Waals surface area contributed by atoms with Gasteiger partial charge >= 0.3 is 6.09 Å². The van der Waals surface area contributed by atoms with Crippen LogP contribution in [0.4, 0.5) is 4.79 Å². The summed E-state index contributed by atoms with van der Waals surface area (Å²) in [6.45, 7) is 14.0. The Morgan fingerprint density at radius 1 is 1.24 bits per heavy atom. The molecule has 1 aromatic rings. The Morgan fingerprint density at radius 3 is 2.62 bits per heavy atom. The van der Waals surface area contributed by atoms with Crippen molar-refractivity contribution in [2.75, 3.05) is 40.4 Å². The lowest BCUT2D eigenvalue weighted by atomic mass is 9.76. The van der Waals surface area contributed by atoms with Gasteiger partial charge in [-0.25, -0.2) is 9.48 Å². The SMILES string of the molecule is CN(CCN(C)C(=O)OC(C)(C)C)Cc1nn([C@H]2CCCCO2)cc1C1=CC[C@@]2(CC1)CC(C)(C)CO2. The molecule has 1 spiro atoms. The van der Waals surface area contributed by atoms with Crippen molar-refractivity contribution in [1.82, 2.24) is 19.6 Å². The van der Waals surface area contributed by atoms with Crippen molar-refractivity contribution >= 4 is 11.7 Å². The molecule has 4 rings (SSSR count). The lowest BCUT2D eigenvalue weighted by molar-refractivity contribution is -0.0398. The van der Waals surface area contributed by atoms with E-state index in [1.54, 1.807) is 11.9 Å². The van der Waals surface area contributed by atoms with Gasteiger partial charge in [-0.2, -0.15) is 5.10 Å². The fraction of sp³-hybridized carbons (Fsp3) is 0.793. The largest absolute Gasteiger partial charge is 0.444 e. The summed E-state index contributed by atoms with van der Waals surface area (Å²) in [5.74, 6) is 0. The Morgan fingerprint density at radius 2 is 2.03 bits per heavy atom. The Hall–Kier alpha value is -1.90. The molecule has 2 aliphatic heterocycles. The summed E-state index contributed by atoms with van der Waals surface area (Å²) in [6, 6.07) is 0. The molecule has 2 fully saturated rings. The van der Waals surface area contributed by atoms with E-state index >= 15 is 0 Å². The van der Waals surface area contributed by atoms with Gasteiger partial charge in [0.15, 0.2) is 0 Å². The van der Waals surface area contributed by atoms with Crippen LogP contribution < -0.4 is 0 Å². The molecule has 37 heavy (non-hydrogen) atoms. The molecule has 0 N–H and O–H groups in total. The molecule has 8 heteroatoms. The lowest BCUT2D eigenvalue weighted by Gasteiger charge is -2.32. The van der Waals surface area contributed by atoms with Crippen molar-refractivity contribution in [2.24, 2.45) is 5.41 Å². The van der Waals surface area contributed by atoms with E-state index in [1.165, 1.54) is 17.6 Å². The van der Waals surface area contributed by atoms with E-state index < -0.39 is 5.60 Å². The van der Waals surface area contributed by atoms with Gasteiger partial charge in [-0.1, -0.05) is 19.9 Å². The second-order valence-corrected chi connectivity index (χ2v) is 13.2. The van der Waals surface area contributed by atoms with E-state index in [0.717, 1.165) is 64.0 Å². The first-order valence-corrected chi connectivity index (χ1v) is 14.0. The van der Waals surface area contributed by atoms with Crippen molar-refractivity contribution in [3.8, 4) is 0 Å². The van der Waals surface area contributed by atoms with Crippen molar-refractivity contribution < 1.29 is 19.0 Å². The third-order valence-electron chi connectivity index (χ3n) is 7.69. The number of ether oxygens (including phenoxy) is 3. The molecule has 3 aliphatic rings. The van der Waals surface area contributed by atoms with Crippen LogP contribution in [0.2, 0.25) is 0 Å². The molecule has 0 saturated carbocycles. The predicted molar refractivity (Wildman–Crippen MR) is 145 cm³/mol. The van der Waals surface area contributed by atoms with Crippen LogP contribution in [0.1, 0.15) is 97.0 Å². The summed E-state index contributed by atoms with van der Waals surface area (Å²) in [5, 5.41) is 5.04. The van der Waals surface area contributed by atoms with E-state index in [1.807, 2.05) is 25.5 Å². The molecular formula is C29H48N4O4. The average molecular weight is 517 g/mol. The lowest BCUT2D eigenvalue weighted by Crippen LogP contribution is -2.38. The fourth-order valence-electron chi connectivity index (χ4n) is 5.72. The smallest absolute Gasteiger partial charge is 0.410 e. The van der Waals surface area contributed by atoms with Crippen LogP contribution in [-0.2, 0) is 20.8 Å². The minimum atomic E-state index is -0.494. The molecule has 1 aliphatic carbocycles. The van der Waals surface area contributed by atoms with Gasteiger partial charge in [0, 0.05) is 45.0 Å². The summed E-state index contributed by atoms with van der Waals surface area (Å²) in [5.41, 5.74) is 3.44. The first-order chi connectivity index (χ1) is 17.3. The topological polar surface area (TPSA) is 69.1 Å². The van der Waals surface area contributed by atoms with Crippen LogP contribution in [0.25, 0.3) is 5.57 Å². The van der Waals surface area contributed by atoms with Crippen LogP contribution in [0.3, 0.4) is 0 Å². The number of rotatable bonds is 7. The van der Waals surface area contributed by atoms with Gasteiger partial charge in [-0.15, -0.1) is 0 Å². The molecule has 1 aromatic heterocycles. The van der Waals surface area contributed by atoms with Gasteiger partial charge in [0.05, 0.1) is 17.9 Å². The summed E-state index contributed by atoms with van der Waals surface area (Å²) in [7, 11) is 3.87. The second kappa shape index (κ2) is 11.1. The number of likely N-dealkylation sites (N-methyl/N-ethyl adjacent to an activating group) is 2. The van der Waals surface area contributed by atoms with E-state index in [2.05, 4.69) is 38.1 Å². The standard InChI is InChI=1S/C29H48N4O4/c1-27(2,3)37-26(34)32(7)16-15-31(6)19-24-23(18-33(30-24)25-10-8-9-17-35-25)22-11-13-29(14-12-22)20-28(4,5)21-36-29/h11,18,25H,8-10,12-17,19-21H2,1-7H3/t25-,29-/m1/s1. The van der Waals surface area contributed by atoms with Crippen molar-refractivity contribution in [3.63, 3.8) is 0 Å². The maximum absolute atomic E-state index is 12.4. The van der Waals surface area contributed by atoms with Gasteiger partial charge < -0.3 is 19.1 Å². The zero-order valence-electron chi connectivity index (χ0n) is 24.1. The quantitative estimate of drug-likeness (QED) is 0.468. The number of hydrogen-bond donors (Lipinski definition) is 0. The molecule has 0 radical (unpaired) electrons. The molecular weight excluding hydrogens is 468 g/mol. The van der Waals surface area contributed by atoms with Crippen LogP contribution in [0, 0.1) is 5.41 Å². The van der Waals surface area contributed by atoms with E-state index in [-0.39, 0.29) is 23.3 Å². The Kier molecular flexibility index (Phi) is 8.41. The van der Waals surface area contributed by atoms with Crippen molar-refractivity contribution in [3.05, 3.63) is 23.5 Å². The molecule has 1 amide bonds. The molecule has 2 saturated heterocycles. The maximum atomic E-state index is 12.4. The second-order valence-electron chi connectivity index (χ2n) is 13.2. The first-order valence-electron chi connectivity index (χ1n) is 14.0. The maximum Gasteiger partial charge on any atom is 0.410 e. The Labute approximate surface area is 223 Å². The number of aromatic nitrogens is 2. The van der Waals surface area contributed by atoms with Gasteiger partial charge in [-0.3, -0.25) is 4.90 Å². The highest BCUT2D eigenvalue weighted by Gasteiger charge is 2.45. The van der Waals surface area contributed by atoms with Gasteiger partial charge in [0.1, 0.15) is 11.8 Å². The van der Waals surface area contributed by atoms with Gasteiger partial charge in [-0.05, 0) is 83.8 Å². The number of carbonyl (C=O) groups is 1.